The zero-order chi connectivity index (χ0) is 11.5. The van der Waals surface area contributed by atoms with Gasteiger partial charge >= 0.3 is 0 Å². The Hall–Kier alpha value is -1.22. The molecule has 0 radical (unpaired) electrons. The van der Waals surface area contributed by atoms with Crippen molar-refractivity contribution >= 4 is 11.3 Å². The van der Waals surface area contributed by atoms with Gasteiger partial charge < -0.3 is 0 Å². The molecular weight excluding hydrogens is 216 g/mol. The van der Waals surface area contributed by atoms with Gasteiger partial charge in [-0.3, -0.25) is 4.98 Å². The second kappa shape index (κ2) is 4.74. The highest BCUT2D eigenvalue weighted by molar-refractivity contribution is 7.13. The van der Waals surface area contributed by atoms with Gasteiger partial charge in [0.2, 0.25) is 0 Å². The Morgan fingerprint density at radius 1 is 1.44 bits per heavy atom. The highest BCUT2D eigenvalue weighted by Gasteiger charge is 2.11. The largest absolute Gasteiger partial charge is 0.253 e. The van der Waals surface area contributed by atoms with Crippen molar-refractivity contribution in [1.29, 1.82) is 0 Å². The molecule has 1 atom stereocenters. The standard InChI is InChI=1S/C13H16N2S/c1-4-9(2)11-8-16-13(15-11)12-10(3)6-5-7-14-12/h5-9H,4H2,1-3H3. The molecule has 0 aliphatic carbocycles. The van der Waals surface area contributed by atoms with Gasteiger partial charge in [0, 0.05) is 11.6 Å². The van der Waals surface area contributed by atoms with Crippen LogP contribution in [0.2, 0.25) is 0 Å². The molecule has 0 N–H and O–H groups in total. The van der Waals surface area contributed by atoms with E-state index in [0.717, 1.165) is 17.1 Å². The first-order valence-electron chi connectivity index (χ1n) is 5.59. The summed E-state index contributed by atoms with van der Waals surface area (Å²) in [5.41, 5.74) is 3.39. The van der Waals surface area contributed by atoms with E-state index in [2.05, 4.69) is 42.2 Å². The normalized spacial score (nSPS) is 12.7. The van der Waals surface area contributed by atoms with Crippen molar-refractivity contribution in [2.75, 3.05) is 0 Å². The molecule has 2 rings (SSSR count). The maximum Gasteiger partial charge on any atom is 0.142 e. The fourth-order valence-electron chi connectivity index (χ4n) is 1.54. The lowest BCUT2D eigenvalue weighted by Gasteiger charge is -2.03. The molecule has 3 heteroatoms. The minimum absolute atomic E-state index is 0.536. The zero-order valence-electron chi connectivity index (χ0n) is 9.90. The summed E-state index contributed by atoms with van der Waals surface area (Å²) in [5.74, 6) is 0.536. The smallest absolute Gasteiger partial charge is 0.142 e. The predicted molar refractivity (Wildman–Crippen MR) is 68.8 cm³/mol. The third-order valence-electron chi connectivity index (χ3n) is 2.85. The Labute approximate surface area is 100 Å². The summed E-state index contributed by atoms with van der Waals surface area (Å²) in [5, 5.41) is 3.19. The Kier molecular flexibility index (Phi) is 3.34. The first-order chi connectivity index (χ1) is 7.72. The fraction of sp³-hybridized carbons (Fsp3) is 0.385. The number of hydrogen-bond acceptors (Lipinski definition) is 3. The lowest BCUT2D eigenvalue weighted by molar-refractivity contribution is 0.714. The van der Waals surface area contributed by atoms with Crippen molar-refractivity contribution in [1.82, 2.24) is 9.97 Å². The van der Waals surface area contributed by atoms with Gasteiger partial charge in [0.25, 0.3) is 0 Å². The molecule has 0 saturated heterocycles. The van der Waals surface area contributed by atoms with Gasteiger partial charge in [-0.2, -0.15) is 0 Å². The maximum absolute atomic E-state index is 4.67. The predicted octanol–water partition coefficient (Wildman–Crippen LogP) is 4.03. The topological polar surface area (TPSA) is 25.8 Å². The number of aromatic nitrogens is 2. The molecule has 0 bridgehead atoms. The molecule has 2 heterocycles. The van der Waals surface area contributed by atoms with Gasteiger partial charge in [0.15, 0.2) is 0 Å². The van der Waals surface area contributed by atoms with E-state index in [1.165, 1.54) is 11.3 Å². The molecule has 2 nitrogen and oxygen atoms in total. The molecule has 0 aliphatic rings. The Morgan fingerprint density at radius 2 is 2.25 bits per heavy atom. The SMILES string of the molecule is CCC(C)c1csc(-c2ncccc2C)n1. The average Bonchev–Trinajstić information content (AvgIpc) is 2.78. The van der Waals surface area contributed by atoms with Crippen LogP contribution in [0.25, 0.3) is 10.7 Å². The van der Waals surface area contributed by atoms with E-state index >= 15 is 0 Å². The molecular formula is C13H16N2S. The summed E-state index contributed by atoms with van der Waals surface area (Å²) < 4.78 is 0. The molecule has 2 aromatic rings. The zero-order valence-corrected chi connectivity index (χ0v) is 10.7. The number of rotatable bonds is 3. The lowest BCUT2D eigenvalue weighted by atomic mass is 10.1. The molecule has 0 amide bonds. The fourth-order valence-corrected chi connectivity index (χ4v) is 2.54. The van der Waals surface area contributed by atoms with Gasteiger partial charge in [-0.15, -0.1) is 11.3 Å². The average molecular weight is 232 g/mol. The van der Waals surface area contributed by atoms with Crippen molar-refractivity contribution in [3.63, 3.8) is 0 Å². The highest BCUT2D eigenvalue weighted by Crippen LogP contribution is 2.28. The monoisotopic (exact) mass is 232 g/mol. The van der Waals surface area contributed by atoms with E-state index in [4.69, 9.17) is 0 Å². The van der Waals surface area contributed by atoms with Crippen LogP contribution in [0.5, 0.6) is 0 Å². The summed E-state index contributed by atoms with van der Waals surface area (Å²) in [6.45, 7) is 6.48. The minimum atomic E-state index is 0.536. The number of hydrogen-bond donors (Lipinski definition) is 0. The van der Waals surface area contributed by atoms with Crippen molar-refractivity contribution in [2.45, 2.75) is 33.1 Å². The Morgan fingerprint density at radius 3 is 2.94 bits per heavy atom. The highest BCUT2D eigenvalue weighted by atomic mass is 32.1. The maximum atomic E-state index is 4.67. The van der Waals surface area contributed by atoms with Crippen molar-refractivity contribution in [3.8, 4) is 10.7 Å². The van der Waals surface area contributed by atoms with Gasteiger partial charge in [-0.05, 0) is 30.9 Å². The quantitative estimate of drug-likeness (QED) is 0.798. The first-order valence-corrected chi connectivity index (χ1v) is 6.47. The van der Waals surface area contributed by atoms with Gasteiger partial charge in [-0.25, -0.2) is 4.98 Å². The van der Waals surface area contributed by atoms with Crippen LogP contribution in [-0.4, -0.2) is 9.97 Å². The Balaban J connectivity index is 2.35. The molecule has 2 aromatic heterocycles. The molecule has 0 saturated carbocycles. The van der Waals surface area contributed by atoms with E-state index in [-0.39, 0.29) is 0 Å². The van der Waals surface area contributed by atoms with Gasteiger partial charge in [0.1, 0.15) is 10.7 Å². The molecule has 1 unspecified atom stereocenters. The van der Waals surface area contributed by atoms with Crippen molar-refractivity contribution in [2.24, 2.45) is 0 Å². The molecule has 0 aromatic carbocycles. The number of pyridine rings is 1. The number of thiazole rings is 1. The van der Waals surface area contributed by atoms with Crippen LogP contribution >= 0.6 is 11.3 Å². The van der Waals surface area contributed by atoms with E-state index in [1.54, 1.807) is 11.3 Å². The summed E-state index contributed by atoms with van der Waals surface area (Å²) in [4.78, 5) is 9.06. The van der Waals surface area contributed by atoms with Crippen LogP contribution in [0, 0.1) is 6.92 Å². The first kappa shape index (κ1) is 11.3. The van der Waals surface area contributed by atoms with E-state index in [1.807, 2.05) is 12.3 Å². The van der Waals surface area contributed by atoms with Crippen LogP contribution in [0.4, 0.5) is 0 Å². The molecule has 84 valence electrons. The second-order valence-electron chi connectivity index (χ2n) is 4.06. The van der Waals surface area contributed by atoms with Gasteiger partial charge in [-0.1, -0.05) is 19.9 Å². The summed E-state index contributed by atoms with van der Waals surface area (Å²) in [7, 11) is 0. The summed E-state index contributed by atoms with van der Waals surface area (Å²) in [6.07, 6.45) is 2.96. The molecule has 16 heavy (non-hydrogen) atoms. The van der Waals surface area contributed by atoms with Crippen LogP contribution in [0.1, 0.15) is 37.4 Å². The minimum Gasteiger partial charge on any atom is -0.253 e. The lowest BCUT2D eigenvalue weighted by Crippen LogP contribution is -1.92. The molecule has 0 spiro atoms. The van der Waals surface area contributed by atoms with Crippen LogP contribution in [0.15, 0.2) is 23.7 Å². The van der Waals surface area contributed by atoms with E-state index in [0.29, 0.717) is 5.92 Å². The van der Waals surface area contributed by atoms with E-state index < -0.39 is 0 Å². The molecule has 0 fully saturated rings. The van der Waals surface area contributed by atoms with Crippen LogP contribution in [0.3, 0.4) is 0 Å². The summed E-state index contributed by atoms with van der Waals surface area (Å²) in [6, 6.07) is 4.04. The number of aryl methyl sites for hydroxylation is 1. The third-order valence-corrected chi connectivity index (χ3v) is 3.72. The number of nitrogens with zero attached hydrogens (tertiary/aromatic N) is 2. The second-order valence-corrected chi connectivity index (χ2v) is 4.91. The van der Waals surface area contributed by atoms with Gasteiger partial charge in [0.05, 0.1) is 5.69 Å². The van der Waals surface area contributed by atoms with Crippen LogP contribution < -0.4 is 0 Å². The van der Waals surface area contributed by atoms with Crippen LogP contribution in [-0.2, 0) is 0 Å². The van der Waals surface area contributed by atoms with Crippen molar-refractivity contribution in [3.05, 3.63) is 35.0 Å². The Bertz CT molecular complexity index is 476. The molecule has 0 aliphatic heterocycles. The van der Waals surface area contributed by atoms with Crippen molar-refractivity contribution < 1.29 is 0 Å². The third kappa shape index (κ3) is 2.14. The summed E-state index contributed by atoms with van der Waals surface area (Å²) >= 11 is 1.69. The van der Waals surface area contributed by atoms with E-state index in [9.17, 15) is 0 Å².